The second-order valence-corrected chi connectivity index (χ2v) is 5.78. The van der Waals surface area contributed by atoms with Crippen LogP contribution in [0.15, 0.2) is 6.20 Å². The van der Waals surface area contributed by atoms with Crippen LogP contribution in [0.4, 0.5) is 5.13 Å². The molecular formula is C11H19N3S. The molecule has 0 unspecified atom stereocenters. The lowest BCUT2D eigenvalue weighted by molar-refractivity contribution is 0.205. The van der Waals surface area contributed by atoms with Gasteiger partial charge in [-0.2, -0.15) is 0 Å². The summed E-state index contributed by atoms with van der Waals surface area (Å²) in [4.78, 5) is 7.89. The van der Waals surface area contributed by atoms with Crippen molar-refractivity contribution in [1.29, 1.82) is 0 Å². The van der Waals surface area contributed by atoms with Crippen LogP contribution in [0.1, 0.15) is 31.6 Å². The van der Waals surface area contributed by atoms with Gasteiger partial charge in [-0.25, -0.2) is 4.98 Å². The minimum absolute atomic E-state index is 0.605. The molecule has 0 spiro atoms. The Balaban J connectivity index is 1.92. The first-order valence-electron chi connectivity index (χ1n) is 5.59. The zero-order chi connectivity index (χ0) is 10.8. The summed E-state index contributed by atoms with van der Waals surface area (Å²) in [5, 5.41) is 0.681. The van der Waals surface area contributed by atoms with E-state index in [1.165, 1.54) is 24.3 Å². The first kappa shape index (κ1) is 10.9. The van der Waals surface area contributed by atoms with E-state index in [0.29, 0.717) is 11.2 Å². The number of anilines is 1. The van der Waals surface area contributed by atoms with Gasteiger partial charge in [0.2, 0.25) is 0 Å². The number of nitrogens with two attached hydrogens (primary N) is 1. The summed E-state index contributed by atoms with van der Waals surface area (Å²) in [6, 6.07) is 0.605. The summed E-state index contributed by atoms with van der Waals surface area (Å²) in [7, 11) is 0. The molecule has 1 saturated carbocycles. The molecule has 4 heteroatoms. The molecule has 1 fully saturated rings. The molecule has 15 heavy (non-hydrogen) atoms. The largest absolute Gasteiger partial charge is 0.375 e. The molecule has 0 aliphatic heterocycles. The fourth-order valence-electron chi connectivity index (χ4n) is 1.69. The first-order chi connectivity index (χ1) is 7.15. The molecule has 0 radical (unpaired) electrons. The van der Waals surface area contributed by atoms with Gasteiger partial charge in [0.15, 0.2) is 5.13 Å². The molecule has 0 saturated heterocycles. The molecule has 2 N–H and O–H groups in total. The van der Waals surface area contributed by atoms with E-state index in [1.807, 2.05) is 6.20 Å². The minimum atomic E-state index is 0.605. The molecule has 0 aromatic carbocycles. The standard InChI is InChI=1S/C11H19N3S/c1-8(2)14(6-9-3-4-9)7-10-5-13-11(12)15-10/h5,8-9H,3-4,6-7H2,1-2H3,(H2,12,13). The van der Waals surface area contributed by atoms with Crippen LogP contribution < -0.4 is 5.73 Å². The summed E-state index contributed by atoms with van der Waals surface area (Å²) in [6.45, 7) is 6.75. The molecule has 1 aliphatic rings. The molecule has 0 atom stereocenters. The lowest BCUT2D eigenvalue weighted by Gasteiger charge is -2.25. The first-order valence-corrected chi connectivity index (χ1v) is 6.41. The van der Waals surface area contributed by atoms with E-state index >= 15 is 0 Å². The van der Waals surface area contributed by atoms with Gasteiger partial charge in [0.05, 0.1) is 0 Å². The summed E-state index contributed by atoms with van der Waals surface area (Å²) >= 11 is 1.61. The molecule has 1 aromatic heterocycles. The predicted molar refractivity (Wildman–Crippen MR) is 64.8 cm³/mol. The molecule has 0 bridgehead atoms. The van der Waals surface area contributed by atoms with Crippen molar-refractivity contribution in [2.24, 2.45) is 5.92 Å². The van der Waals surface area contributed by atoms with Crippen molar-refractivity contribution in [3.63, 3.8) is 0 Å². The molecule has 84 valence electrons. The maximum atomic E-state index is 5.63. The molecule has 1 aromatic rings. The summed E-state index contributed by atoms with van der Waals surface area (Å²) in [5.74, 6) is 0.942. The Morgan fingerprint density at radius 2 is 2.33 bits per heavy atom. The quantitative estimate of drug-likeness (QED) is 0.836. The van der Waals surface area contributed by atoms with E-state index in [1.54, 1.807) is 11.3 Å². The van der Waals surface area contributed by atoms with E-state index in [9.17, 15) is 0 Å². The Morgan fingerprint density at radius 1 is 1.60 bits per heavy atom. The molecule has 2 rings (SSSR count). The highest BCUT2D eigenvalue weighted by atomic mass is 32.1. The third-order valence-corrected chi connectivity index (χ3v) is 3.66. The van der Waals surface area contributed by atoms with E-state index in [-0.39, 0.29) is 0 Å². The van der Waals surface area contributed by atoms with Crippen LogP contribution in [-0.2, 0) is 6.54 Å². The lowest BCUT2D eigenvalue weighted by Crippen LogP contribution is -2.31. The Labute approximate surface area is 95.3 Å². The van der Waals surface area contributed by atoms with Crippen LogP contribution in [0.25, 0.3) is 0 Å². The van der Waals surface area contributed by atoms with Gasteiger partial charge in [-0.05, 0) is 32.6 Å². The van der Waals surface area contributed by atoms with Gasteiger partial charge < -0.3 is 5.73 Å². The van der Waals surface area contributed by atoms with E-state index < -0.39 is 0 Å². The number of rotatable bonds is 5. The smallest absolute Gasteiger partial charge is 0.180 e. The molecule has 0 amide bonds. The van der Waals surface area contributed by atoms with E-state index in [2.05, 4.69) is 23.7 Å². The maximum absolute atomic E-state index is 5.63. The van der Waals surface area contributed by atoms with Crippen molar-refractivity contribution in [2.45, 2.75) is 39.3 Å². The average Bonchev–Trinajstić information content (AvgIpc) is 2.89. The second kappa shape index (κ2) is 4.49. The third kappa shape index (κ3) is 3.18. The Bertz CT molecular complexity index is 317. The highest BCUT2D eigenvalue weighted by Crippen LogP contribution is 2.31. The van der Waals surface area contributed by atoms with E-state index in [4.69, 9.17) is 5.73 Å². The Kier molecular flexibility index (Phi) is 3.26. The van der Waals surface area contributed by atoms with Crippen LogP contribution >= 0.6 is 11.3 Å². The van der Waals surface area contributed by atoms with Crippen LogP contribution in [0.2, 0.25) is 0 Å². The van der Waals surface area contributed by atoms with Crippen molar-refractivity contribution in [1.82, 2.24) is 9.88 Å². The van der Waals surface area contributed by atoms with Gasteiger partial charge in [0.1, 0.15) is 0 Å². The van der Waals surface area contributed by atoms with Crippen molar-refractivity contribution in [3.05, 3.63) is 11.1 Å². The summed E-state index contributed by atoms with van der Waals surface area (Å²) in [5.41, 5.74) is 5.63. The fourth-order valence-corrected chi connectivity index (χ4v) is 2.40. The number of nitrogens with zero attached hydrogens (tertiary/aromatic N) is 2. The van der Waals surface area contributed by atoms with Gasteiger partial charge in [-0.3, -0.25) is 4.90 Å². The van der Waals surface area contributed by atoms with Crippen LogP contribution in [-0.4, -0.2) is 22.5 Å². The number of nitrogen functional groups attached to an aromatic ring is 1. The van der Waals surface area contributed by atoms with Crippen molar-refractivity contribution >= 4 is 16.5 Å². The second-order valence-electron chi connectivity index (χ2n) is 4.63. The van der Waals surface area contributed by atoms with Crippen LogP contribution in [0.3, 0.4) is 0 Å². The molecule has 3 nitrogen and oxygen atoms in total. The van der Waals surface area contributed by atoms with Gasteiger partial charge in [0, 0.05) is 30.2 Å². The normalized spacial score (nSPS) is 16.5. The predicted octanol–water partition coefficient (Wildman–Crippen LogP) is 2.35. The lowest BCUT2D eigenvalue weighted by atomic mass is 10.2. The highest BCUT2D eigenvalue weighted by Gasteiger charge is 2.25. The van der Waals surface area contributed by atoms with Crippen molar-refractivity contribution in [3.8, 4) is 0 Å². The van der Waals surface area contributed by atoms with E-state index in [0.717, 1.165) is 12.5 Å². The molecule has 1 heterocycles. The van der Waals surface area contributed by atoms with Gasteiger partial charge in [-0.1, -0.05) is 0 Å². The minimum Gasteiger partial charge on any atom is -0.375 e. The average molecular weight is 225 g/mol. The zero-order valence-electron chi connectivity index (χ0n) is 9.44. The summed E-state index contributed by atoms with van der Waals surface area (Å²) < 4.78 is 0. The molecule has 1 aliphatic carbocycles. The number of hydrogen-bond acceptors (Lipinski definition) is 4. The topological polar surface area (TPSA) is 42.2 Å². The summed E-state index contributed by atoms with van der Waals surface area (Å²) in [6.07, 6.45) is 4.73. The van der Waals surface area contributed by atoms with Crippen LogP contribution in [0, 0.1) is 5.92 Å². The monoisotopic (exact) mass is 225 g/mol. The SMILES string of the molecule is CC(C)N(Cc1cnc(N)s1)CC1CC1. The number of aromatic nitrogens is 1. The Morgan fingerprint density at radius 3 is 2.80 bits per heavy atom. The van der Waals surface area contributed by atoms with Crippen LogP contribution in [0.5, 0.6) is 0 Å². The highest BCUT2D eigenvalue weighted by molar-refractivity contribution is 7.15. The fraction of sp³-hybridized carbons (Fsp3) is 0.727. The Hall–Kier alpha value is -0.610. The maximum Gasteiger partial charge on any atom is 0.180 e. The third-order valence-electron chi connectivity index (χ3n) is 2.85. The van der Waals surface area contributed by atoms with Gasteiger partial charge in [0.25, 0.3) is 0 Å². The molecular weight excluding hydrogens is 206 g/mol. The van der Waals surface area contributed by atoms with Crippen molar-refractivity contribution < 1.29 is 0 Å². The zero-order valence-corrected chi connectivity index (χ0v) is 10.3. The number of hydrogen-bond donors (Lipinski definition) is 1. The number of thiazole rings is 1. The van der Waals surface area contributed by atoms with Crippen molar-refractivity contribution in [2.75, 3.05) is 12.3 Å². The van der Waals surface area contributed by atoms with Gasteiger partial charge in [-0.15, -0.1) is 11.3 Å². The van der Waals surface area contributed by atoms with Gasteiger partial charge >= 0.3 is 0 Å².